The van der Waals surface area contributed by atoms with Crippen molar-refractivity contribution < 1.29 is 14.3 Å². The molecule has 4 rings (SSSR count). The first kappa shape index (κ1) is 17.0. The molecule has 0 saturated carbocycles. The van der Waals surface area contributed by atoms with Crippen LogP contribution >= 0.6 is 34.5 Å². The van der Waals surface area contributed by atoms with E-state index in [2.05, 4.69) is 15.6 Å². The Labute approximate surface area is 162 Å². The molecule has 1 amide bonds. The van der Waals surface area contributed by atoms with Crippen LogP contribution in [0.3, 0.4) is 0 Å². The van der Waals surface area contributed by atoms with Gasteiger partial charge in [-0.1, -0.05) is 29.3 Å². The van der Waals surface area contributed by atoms with E-state index in [1.807, 2.05) is 18.2 Å². The summed E-state index contributed by atoms with van der Waals surface area (Å²) in [7, 11) is 0. The third kappa shape index (κ3) is 3.41. The first-order valence-electron chi connectivity index (χ1n) is 7.48. The van der Waals surface area contributed by atoms with Crippen LogP contribution in [-0.4, -0.2) is 17.7 Å². The van der Waals surface area contributed by atoms with Crippen LogP contribution in [0.1, 0.15) is 10.5 Å². The summed E-state index contributed by atoms with van der Waals surface area (Å²) >= 11 is 13.4. The van der Waals surface area contributed by atoms with Crippen LogP contribution < -0.4 is 20.1 Å². The predicted octanol–water partition coefficient (Wildman–Crippen LogP) is 5.17. The lowest BCUT2D eigenvalue weighted by molar-refractivity contribution is 0.102. The molecule has 2 aromatic carbocycles. The number of nitrogens with zero attached hydrogens (tertiary/aromatic N) is 1. The van der Waals surface area contributed by atoms with Gasteiger partial charge in [0.05, 0.1) is 15.7 Å². The zero-order valence-corrected chi connectivity index (χ0v) is 15.4. The highest BCUT2D eigenvalue weighted by atomic mass is 35.5. The molecule has 3 aromatic rings. The zero-order chi connectivity index (χ0) is 18.1. The maximum Gasteiger partial charge on any atom is 0.275 e. The number of aromatic nitrogens is 1. The normalized spacial score (nSPS) is 12.1. The Hall–Kier alpha value is -2.48. The molecule has 1 aliphatic rings. The van der Waals surface area contributed by atoms with Gasteiger partial charge >= 0.3 is 0 Å². The van der Waals surface area contributed by atoms with Gasteiger partial charge in [0.15, 0.2) is 16.6 Å². The number of ether oxygens (including phenoxy) is 2. The van der Waals surface area contributed by atoms with Crippen LogP contribution in [0, 0.1) is 0 Å². The molecule has 0 bridgehead atoms. The lowest BCUT2D eigenvalue weighted by Crippen LogP contribution is -2.13. The maximum atomic E-state index is 12.4. The minimum Gasteiger partial charge on any atom is -0.454 e. The highest BCUT2D eigenvalue weighted by Gasteiger charge is 2.16. The third-order valence-electron chi connectivity index (χ3n) is 3.56. The zero-order valence-electron chi connectivity index (χ0n) is 13.1. The number of anilines is 3. The van der Waals surface area contributed by atoms with Gasteiger partial charge in [-0.2, -0.15) is 0 Å². The molecular weight excluding hydrogens is 397 g/mol. The van der Waals surface area contributed by atoms with E-state index in [1.54, 1.807) is 23.6 Å². The summed E-state index contributed by atoms with van der Waals surface area (Å²) in [5.41, 5.74) is 1.40. The van der Waals surface area contributed by atoms with Crippen LogP contribution in [0.5, 0.6) is 11.5 Å². The lowest BCUT2D eigenvalue weighted by Gasteiger charge is -2.07. The van der Waals surface area contributed by atoms with Gasteiger partial charge in [-0.05, 0) is 24.3 Å². The van der Waals surface area contributed by atoms with E-state index in [-0.39, 0.29) is 12.5 Å². The van der Waals surface area contributed by atoms with E-state index in [0.29, 0.717) is 32.4 Å². The van der Waals surface area contributed by atoms with Gasteiger partial charge in [-0.25, -0.2) is 4.98 Å². The molecule has 26 heavy (non-hydrogen) atoms. The molecule has 0 fully saturated rings. The van der Waals surface area contributed by atoms with Crippen molar-refractivity contribution >= 4 is 57.0 Å². The summed E-state index contributed by atoms with van der Waals surface area (Å²) in [4.78, 5) is 16.7. The van der Waals surface area contributed by atoms with Crippen molar-refractivity contribution in [2.24, 2.45) is 0 Å². The van der Waals surface area contributed by atoms with Crippen molar-refractivity contribution in [2.75, 3.05) is 17.4 Å². The van der Waals surface area contributed by atoms with Crippen LogP contribution in [-0.2, 0) is 0 Å². The molecule has 1 aliphatic heterocycles. The minimum atomic E-state index is -0.394. The molecular formula is C17H11Cl2N3O3S. The highest BCUT2D eigenvalue weighted by molar-refractivity contribution is 7.14. The Morgan fingerprint density at radius 3 is 2.69 bits per heavy atom. The van der Waals surface area contributed by atoms with Crippen molar-refractivity contribution in [3.63, 3.8) is 0 Å². The van der Waals surface area contributed by atoms with Crippen LogP contribution in [0.15, 0.2) is 41.8 Å². The molecule has 0 saturated heterocycles. The summed E-state index contributed by atoms with van der Waals surface area (Å²) in [6.45, 7) is 0.213. The van der Waals surface area contributed by atoms with Crippen LogP contribution in [0.25, 0.3) is 0 Å². The SMILES string of the molecule is O=C(Nc1c(Cl)cccc1Cl)c1csc(Nc2ccc3c(c2)OCO3)n1. The number of benzene rings is 2. The molecule has 2 heterocycles. The number of hydrogen-bond acceptors (Lipinski definition) is 6. The molecule has 6 nitrogen and oxygen atoms in total. The van der Waals surface area contributed by atoms with E-state index in [9.17, 15) is 4.79 Å². The topological polar surface area (TPSA) is 72.5 Å². The van der Waals surface area contributed by atoms with E-state index in [0.717, 1.165) is 5.69 Å². The number of thiazole rings is 1. The number of nitrogens with one attached hydrogen (secondary N) is 2. The van der Waals surface area contributed by atoms with Crippen molar-refractivity contribution in [3.05, 3.63) is 57.5 Å². The van der Waals surface area contributed by atoms with Gasteiger partial charge in [-0.3, -0.25) is 4.79 Å². The Balaban J connectivity index is 1.48. The Morgan fingerprint density at radius 1 is 1.12 bits per heavy atom. The van der Waals surface area contributed by atoms with Gasteiger partial charge in [0, 0.05) is 17.1 Å². The molecule has 0 radical (unpaired) electrons. The summed E-state index contributed by atoms with van der Waals surface area (Å²) in [5, 5.41) is 8.76. The van der Waals surface area contributed by atoms with Gasteiger partial charge in [-0.15, -0.1) is 11.3 Å². The van der Waals surface area contributed by atoms with Crippen molar-refractivity contribution in [3.8, 4) is 11.5 Å². The summed E-state index contributed by atoms with van der Waals surface area (Å²) < 4.78 is 10.6. The second-order valence-corrected chi connectivity index (χ2v) is 6.95. The van der Waals surface area contributed by atoms with Gasteiger partial charge in [0.2, 0.25) is 6.79 Å². The molecule has 1 aromatic heterocycles. The van der Waals surface area contributed by atoms with E-state index < -0.39 is 5.91 Å². The largest absolute Gasteiger partial charge is 0.454 e. The fourth-order valence-electron chi connectivity index (χ4n) is 2.33. The quantitative estimate of drug-likeness (QED) is 0.623. The maximum absolute atomic E-state index is 12.4. The number of hydrogen-bond donors (Lipinski definition) is 2. The molecule has 2 N–H and O–H groups in total. The monoisotopic (exact) mass is 407 g/mol. The average Bonchev–Trinajstić information content (AvgIpc) is 3.27. The number of rotatable bonds is 4. The van der Waals surface area contributed by atoms with E-state index >= 15 is 0 Å². The average molecular weight is 408 g/mol. The Morgan fingerprint density at radius 2 is 1.88 bits per heavy atom. The number of carbonyl (C=O) groups is 1. The van der Waals surface area contributed by atoms with Gasteiger partial charge < -0.3 is 20.1 Å². The number of halogens is 2. The standard InChI is InChI=1S/C17H11Cl2N3O3S/c18-10-2-1-3-11(19)15(10)22-16(23)12-7-26-17(21-12)20-9-4-5-13-14(6-9)25-8-24-13/h1-7H,8H2,(H,20,21)(H,22,23). The number of amides is 1. The fourth-order valence-corrected chi connectivity index (χ4v) is 3.53. The van der Waals surface area contributed by atoms with E-state index in [4.69, 9.17) is 32.7 Å². The molecule has 0 spiro atoms. The second-order valence-electron chi connectivity index (χ2n) is 5.28. The predicted molar refractivity (Wildman–Crippen MR) is 102 cm³/mol. The molecule has 0 unspecified atom stereocenters. The number of carbonyl (C=O) groups excluding carboxylic acids is 1. The Kier molecular flexibility index (Phi) is 4.58. The smallest absolute Gasteiger partial charge is 0.275 e. The first-order chi connectivity index (χ1) is 12.6. The van der Waals surface area contributed by atoms with E-state index in [1.165, 1.54) is 11.3 Å². The van der Waals surface area contributed by atoms with Crippen molar-refractivity contribution in [1.82, 2.24) is 4.98 Å². The molecule has 9 heteroatoms. The number of para-hydroxylation sites is 1. The van der Waals surface area contributed by atoms with Crippen molar-refractivity contribution in [1.29, 1.82) is 0 Å². The molecule has 0 aliphatic carbocycles. The van der Waals surface area contributed by atoms with Crippen LogP contribution in [0.2, 0.25) is 10.0 Å². The number of fused-ring (bicyclic) bond motifs is 1. The second kappa shape index (κ2) is 7.03. The van der Waals surface area contributed by atoms with Gasteiger partial charge in [0.25, 0.3) is 5.91 Å². The molecule has 132 valence electrons. The fraction of sp³-hybridized carbons (Fsp3) is 0.0588. The summed E-state index contributed by atoms with van der Waals surface area (Å²) in [6.07, 6.45) is 0. The molecule has 0 atom stereocenters. The minimum absolute atomic E-state index is 0.213. The summed E-state index contributed by atoms with van der Waals surface area (Å²) in [6, 6.07) is 10.5. The first-order valence-corrected chi connectivity index (χ1v) is 9.11. The summed E-state index contributed by atoms with van der Waals surface area (Å²) in [5.74, 6) is 0.972. The van der Waals surface area contributed by atoms with Gasteiger partial charge in [0.1, 0.15) is 5.69 Å². The lowest BCUT2D eigenvalue weighted by atomic mass is 10.3. The third-order valence-corrected chi connectivity index (χ3v) is 4.95. The van der Waals surface area contributed by atoms with Crippen LogP contribution in [0.4, 0.5) is 16.5 Å². The highest BCUT2D eigenvalue weighted by Crippen LogP contribution is 2.35. The Bertz CT molecular complexity index is 973. The van der Waals surface area contributed by atoms with Crippen molar-refractivity contribution in [2.45, 2.75) is 0 Å².